The van der Waals surface area contributed by atoms with Gasteiger partial charge in [-0.1, -0.05) is 274 Å². The molecule has 0 rings (SSSR count). The molecule has 0 amide bonds. The topological polar surface area (TPSA) is 78.9 Å². The summed E-state index contributed by atoms with van der Waals surface area (Å²) in [6.07, 6.45) is 103. The molecule has 0 aromatic carbocycles. The van der Waals surface area contributed by atoms with E-state index in [2.05, 4.69) is 203 Å². The molecule has 0 radical (unpaired) electrons. The highest BCUT2D eigenvalue weighted by molar-refractivity contribution is 5.71. The molecule has 0 aliphatic carbocycles. The average molecular weight is 1140 g/mol. The maximum Gasteiger partial charge on any atom is 0.306 e. The summed E-state index contributed by atoms with van der Waals surface area (Å²) in [5.74, 6) is -1.01. The summed E-state index contributed by atoms with van der Waals surface area (Å²) in [5.41, 5.74) is 0. The van der Waals surface area contributed by atoms with E-state index in [1.807, 2.05) is 0 Å². The molecule has 6 nitrogen and oxygen atoms in total. The first-order valence-electron chi connectivity index (χ1n) is 33.3. The Bertz CT molecular complexity index is 1940. The van der Waals surface area contributed by atoms with Crippen molar-refractivity contribution < 1.29 is 28.6 Å². The van der Waals surface area contributed by atoms with Crippen molar-refractivity contribution in [2.75, 3.05) is 13.2 Å². The summed E-state index contributed by atoms with van der Waals surface area (Å²) < 4.78 is 16.9. The quantitative estimate of drug-likeness (QED) is 0.0261. The van der Waals surface area contributed by atoms with Gasteiger partial charge in [0.05, 0.1) is 0 Å². The maximum absolute atomic E-state index is 13.0. The van der Waals surface area contributed by atoms with Gasteiger partial charge in [-0.2, -0.15) is 0 Å². The number of carbonyl (C=O) groups is 3. The molecule has 1 atom stereocenters. The monoisotopic (exact) mass is 1140 g/mol. The molecule has 464 valence electrons. The van der Waals surface area contributed by atoms with Crippen LogP contribution in [0.4, 0.5) is 0 Å². The number of esters is 3. The van der Waals surface area contributed by atoms with Crippen LogP contribution in [0.25, 0.3) is 0 Å². The van der Waals surface area contributed by atoms with Crippen LogP contribution < -0.4 is 0 Å². The maximum atomic E-state index is 13.0. The van der Waals surface area contributed by atoms with Crippen molar-refractivity contribution >= 4 is 17.9 Å². The molecule has 83 heavy (non-hydrogen) atoms. The molecule has 0 aliphatic rings. The second-order valence-corrected chi connectivity index (χ2v) is 21.3. The van der Waals surface area contributed by atoms with E-state index >= 15 is 0 Å². The fourth-order valence-corrected chi connectivity index (χ4v) is 8.46. The molecule has 0 aromatic rings. The van der Waals surface area contributed by atoms with E-state index in [1.165, 1.54) is 57.8 Å². The van der Waals surface area contributed by atoms with Crippen molar-refractivity contribution in [2.24, 2.45) is 0 Å². The Morgan fingerprint density at radius 3 is 0.783 bits per heavy atom. The van der Waals surface area contributed by atoms with Crippen LogP contribution in [0.5, 0.6) is 0 Å². The highest BCUT2D eigenvalue weighted by atomic mass is 16.6. The van der Waals surface area contributed by atoms with Gasteiger partial charge in [-0.05, 0) is 154 Å². The fourth-order valence-electron chi connectivity index (χ4n) is 8.46. The van der Waals surface area contributed by atoms with Gasteiger partial charge >= 0.3 is 17.9 Å². The Morgan fingerprint density at radius 2 is 0.482 bits per heavy atom. The lowest BCUT2D eigenvalue weighted by molar-refractivity contribution is -0.167. The largest absolute Gasteiger partial charge is 0.462 e. The van der Waals surface area contributed by atoms with E-state index in [9.17, 15) is 14.4 Å². The zero-order valence-corrected chi connectivity index (χ0v) is 53.1. The molecule has 0 aromatic heterocycles. The van der Waals surface area contributed by atoms with Crippen LogP contribution >= 0.6 is 0 Å². The van der Waals surface area contributed by atoms with Crippen LogP contribution in [0.15, 0.2) is 182 Å². The zero-order chi connectivity index (χ0) is 59.9. The second kappa shape index (κ2) is 69.0. The molecule has 0 heterocycles. The smallest absolute Gasteiger partial charge is 0.306 e. The Balaban J connectivity index is 4.58. The minimum absolute atomic E-state index is 0.117. The SMILES string of the molecule is CC/C=C\C/C=C\C/C=C\C/C=C\C/C=C\C/C=C\C/C=C\CCCC(=O)OCC(COC(=O)CCCCCCCC/C=C\C/C=C\C/C=C\CCCCC)OC(=O)CCCCCCCCC/C=C\C/C=C\C/C=C\C/C=C\C/C=C\CC. The molecule has 1 unspecified atom stereocenters. The fraction of sp³-hybridized carbons (Fsp3) is 0.571. The minimum Gasteiger partial charge on any atom is -0.462 e. The molecule has 0 saturated carbocycles. The molecular weight excluding hydrogens is 1020 g/mol. The predicted octanol–water partition coefficient (Wildman–Crippen LogP) is 23.2. The first-order valence-corrected chi connectivity index (χ1v) is 33.3. The third kappa shape index (κ3) is 67.2. The lowest BCUT2D eigenvalue weighted by Gasteiger charge is -2.18. The van der Waals surface area contributed by atoms with Crippen LogP contribution in [0.2, 0.25) is 0 Å². The number of hydrogen-bond donors (Lipinski definition) is 0. The third-order valence-corrected chi connectivity index (χ3v) is 13.4. The molecule has 0 saturated heterocycles. The zero-order valence-electron chi connectivity index (χ0n) is 53.1. The van der Waals surface area contributed by atoms with Crippen molar-refractivity contribution in [2.45, 2.75) is 271 Å². The summed E-state index contributed by atoms with van der Waals surface area (Å²) >= 11 is 0. The summed E-state index contributed by atoms with van der Waals surface area (Å²) in [4.78, 5) is 38.4. The second-order valence-electron chi connectivity index (χ2n) is 21.3. The molecule has 0 spiro atoms. The highest BCUT2D eigenvalue weighted by Gasteiger charge is 2.19. The van der Waals surface area contributed by atoms with E-state index in [0.717, 1.165) is 161 Å². The van der Waals surface area contributed by atoms with Crippen LogP contribution in [0.3, 0.4) is 0 Å². The van der Waals surface area contributed by atoms with Crippen molar-refractivity contribution in [3.05, 3.63) is 182 Å². The predicted molar refractivity (Wildman–Crippen MR) is 361 cm³/mol. The van der Waals surface area contributed by atoms with Crippen molar-refractivity contribution in [1.29, 1.82) is 0 Å². The van der Waals surface area contributed by atoms with Crippen molar-refractivity contribution in [3.8, 4) is 0 Å². The Morgan fingerprint density at radius 1 is 0.253 bits per heavy atom. The number of rotatable bonds is 58. The van der Waals surface area contributed by atoms with E-state index in [4.69, 9.17) is 14.2 Å². The van der Waals surface area contributed by atoms with Crippen LogP contribution in [-0.4, -0.2) is 37.2 Å². The van der Waals surface area contributed by atoms with E-state index < -0.39 is 6.10 Å². The molecule has 0 N–H and O–H groups in total. The molecule has 0 fully saturated rings. The van der Waals surface area contributed by atoms with Gasteiger partial charge in [0.1, 0.15) is 13.2 Å². The van der Waals surface area contributed by atoms with Crippen LogP contribution in [0.1, 0.15) is 265 Å². The summed E-state index contributed by atoms with van der Waals surface area (Å²) in [7, 11) is 0. The Hall–Kier alpha value is -5.49. The summed E-state index contributed by atoms with van der Waals surface area (Å²) in [6, 6.07) is 0. The first kappa shape index (κ1) is 77.5. The molecular formula is C77H120O6. The normalized spacial score (nSPS) is 13.3. The van der Waals surface area contributed by atoms with Gasteiger partial charge < -0.3 is 14.2 Å². The number of unbranched alkanes of at least 4 members (excludes halogenated alkanes) is 17. The highest BCUT2D eigenvalue weighted by Crippen LogP contribution is 2.14. The third-order valence-electron chi connectivity index (χ3n) is 13.4. The first-order chi connectivity index (χ1) is 41.0. The minimum atomic E-state index is -0.827. The van der Waals surface area contributed by atoms with Gasteiger partial charge in [0.15, 0.2) is 6.10 Å². The van der Waals surface area contributed by atoms with Crippen LogP contribution in [-0.2, 0) is 28.6 Å². The van der Waals surface area contributed by atoms with E-state index in [-0.39, 0.29) is 37.5 Å². The Labute approximate surface area is 510 Å². The van der Waals surface area contributed by atoms with Gasteiger partial charge in [-0.15, -0.1) is 0 Å². The van der Waals surface area contributed by atoms with Gasteiger partial charge in [0.2, 0.25) is 0 Å². The van der Waals surface area contributed by atoms with E-state index in [1.54, 1.807) is 0 Å². The Kier molecular flexibility index (Phi) is 64.4. The lowest BCUT2D eigenvalue weighted by atomic mass is 10.1. The van der Waals surface area contributed by atoms with Gasteiger partial charge in [0, 0.05) is 19.3 Å². The number of carbonyl (C=O) groups excluding carboxylic acids is 3. The van der Waals surface area contributed by atoms with Crippen molar-refractivity contribution in [1.82, 2.24) is 0 Å². The van der Waals surface area contributed by atoms with Crippen LogP contribution in [0, 0.1) is 0 Å². The van der Waals surface area contributed by atoms with Gasteiger partial charge in [-0.3, -0.25) is 14.4 Å². The van der Waals surface area contributed by atoms with E-state index in [0.29, 0.717) is 19.3 Å². The van der Waals surface area contributed by atoms with Gasteiger partial charge in [-0.25, -0.2) is 0 Å². The van der Waals surface area contributed by atoms with Gasteiger partial charge in [0.25, 0.3) is 0 Å². The van der Waals surface area contributed by atoms with Crippen molar-refractivity contribution in [3.63, 3.8) is 0 Å². The average Bonchev–Trinajstić information content (AvgIpc) is 3.49. The number of allylic oxidation sites excluding steroid dienone is 30. The lowest BCUT2D eigenvalue weighted by Crippen LogP contribution is -2.30. The summed E-state index contributed by atoms with van der Waals surface area (Å²) in [6.45, 7) is 6.31. The number of hydrogen-bond acceptors (Lipinski definition) is 6. The number of ether oxygens (including phenoxy) is 3. The molecule has 0 aliphatic heterocycles. The molecule has 0 bridgehead atoms. The summed E-state index contributed by atoms with van der Waals surface area (Å²) in [5, 5.41) is 0. The molecule has 6 heteroatoms. The standard InChI is InChI=1S/C77H120O6/c1-4-7-10-13-16-19-22-25-28-31-34-36-38-40-43-46-49-52-55-58-61-64-67-70-76(79)82-73-74(72-81-75(78)69-66-63-60-57-54-51-48-45-42-33-30-27-24-21-18-15-12-9-6-3)83-77(80)71-68-65-62-59-56-53-50-47-44-41-39-37-35-32-29-26-23-20-17-14-11-8-5-2/h7-8,10-11,16-21,25-30,34-37,40-45,49,52,58,61,74H,4-6,9,12-15,22-24,31-33,38-39,46-48,50-51,53-57,59-60,62-73H2,1-3H3/b10-7-,11-8-,19-16-,20-17-,21-18-,28-25-,29-26-,30-27-,36-34-,37-35-,43-40-,44-41-,45-42-,52-49-,61-58-.